The van der Waals surface area contributed by atoms with Gasteiger partial charge in [0.1, 0.15) is 0 Å². The minimum atomic E-state index is -0.463. The molecule has 3 aromatic rings. The Hall–Kier alpha value is -3.09. The molecule has 0 radical (unpaired) electrons. The highest BCUT2D eigenvalue weighted by Gasteiger charge is 2.27. The first kappa shape index (κ1) is 18.3. The standard InChI is InChI=1S/C21H13ClN2O3S/c22-15-9-10-20-18(13-15)23(17-6-1-2-7-19(17)28-20)21(25)11-8-14-4-3-5-16(12-14)24(26)27/h1-13H/b11-8+. The number of fused-ring (bicyclic) bond motifs is 2. The number of halogens is 1. The molecular formula is C21H13ClN2O3S. The second-order valence-electron chi connectivity index (χ2n) is 6.04. The highest BCUT2D eigenvalue weighted by atomic mass is 35.5. The van der Waals surface area contributed by atoms with E-state index in [1.165, 1.54) is 18.2 Å². The van der Waals surface area contributed by atoms with Crippen molar-refractivity contribution in [2.45, 2.75) is 9.79 Å². The molecule has 1 amide bonds. The number of carbonyl (C=O) groups excluding carboxylic acids is 1. The Morgan fingerprint density at radius 3 is 2.61 bits per heavy atom. The summed E-state index contributed by atoms with van der Waals surface area (Å²) in [5.74, 6) is -0.261. The molecule has 0 atom stereocenters. The van der Waals surface area contributed by atoms with E-state index in [4.69, 9.17) is 11.6 Å². The third kappa shape index (κ3) is 3.52. The largest absolute Gasteiger partial charge is 0.275 e. The van der Waals surface area contributed by atoms with E-state index < -0.39 is 4.92 Å². The van der Waals surface area contributed by atoms with Crippen molar-refractivity contribution in [1.82, 2.24) is 0 Å². The number of non-ortho nitro benzene ring substituents is 1. The quantitative estimate of drug-likeness (QED) is 0.299. The second-order valence-corrected chi connectivity index (χ2v) is 7.56. The summed E-state index contributed by atoms with van der Waals surface area (Å²) in [6.07, 6.45) is 2.99. The second kappa shape index (κ2) is 7.50. The van der Waals surface area contributed by atoms with Gasteiger partial charge in [-0.15, -0.1) is 0 Å². The number of nitrogens with zero attached hydrogens (tertiary/aromatic N) is 2. The van der Waals surface area contributed by atoms with Crippen molar-refractivity contribution < 1.29 is 9.72 Å². The van der Waals surface area contributed by atoms with Crippen LogP contribution in [0.15, 0.2) is 82.6 Å². The predicted octanol–water partition coefficient (Wildman–Crippen LogP) is 6.09. The Morgan fingerprint density at radius 2 is 1.79 bits per heavy atom. The van der Waals surface area contributed by atoms with Crippen molar-refractivity contribution in [3.05, 3.63) is 93.5 Å². The van der Waals surface area contributed by atoms with Crippen LogP contribution in [-0.2, 0) is 4.79 Å². The molecule has 1 aliphatic rings. The predicted molar refractivity (Wildman–Crippen MR) is 111 cm³/mol. The first-order valence-electron chi connectivity index (χ1n) is 8.36. The van der Waals surface area contributed by atoms with Gasteiger partial charge in [0.25, 0.3) is 11.6 Å². The molecule has 7 heteroatoms. The Labute approximate surface area is 170 Å². The molecule has 28 heavy (non-hydrogen) atoms. The molecule has 1 aliphatic heterocycles. The van der Waals surface area contributed by atoms with Gasteiger partial charge in [-0.25, -0.2) is 0 Å². The molecule has 4 rings (SSSR count). The van der Waals surface area contributed by atoms with Gasteiger partial charge in [0, 0.05) is 33.0 Å². The summed E-state index contributed by atoms with van der Waals surface area (Å²) in [4.78, 5) is 27.1. The molecule has 138 valence electrons. The first-order chi connectivity index (χ1) is 13.5. The van der Waals surface area contributed by atoms with Crippen LogP contribution in [0.5, 0.6) is 0 Å². The molecule has 0 unspecified atom stereocenters. The van der Waals surface area contributed by atoms with Gasteiger partial charge in [0.05, 0.1) is 16.3 Å². The van der Waals surface area contributed by atoms with Crippen molar-refractivity contribution in [3.8, 4) is 0 Å². The molecule has 0 fully saturated rings. The fourth-order valence-electron chi connectivity index (χ4n) is 2.95. The summed E-state index contributed by atoms with van der Waals surface area (Å²) < 4.78 is 0. The van der Waals surface area contributed by atoms with Crippen LogP contribution >= 0.6 is 23.4 Å². The summed E-state index contributed by atoms with van der Waals surface area (Å²) in [5.41, 5.74) is 2.04. The SMILES string of the molecule is O=C(/C=C/c1cccc([N+](=O)[O-])c1)N1c2ccccc2Sc2ccc(Cl)cc21. The van der Waals surface area contributed by atoms with Crippen molar-refractivity contribution >= 4 is 52.4 Å². The maximum Gasteiger partial charge on any atom is 0.270 e. The monoisotopic (exact) mass is 408 g/mol. The van der Waals surface area contributed by atoms with Crippen LogP contribution in [0.25, 0.3) is 6.08 Å². The van der Waals surface area contributed by atoms with Crippen LogP contribution in [0.1, 0.15) is 5.56 Å². The lowest BCUT2D eigenvalue weighted by atomic mass is 10.1. The number of amides is 1. The maximum absolute atomic E-state index is 13.1. The molecular weight excluding hydrogens is 396 g/mol. The fraction of sp³-hybridized carbons (Fsp3) is 0. The number of anilines is 2. The number of rotatable bonds is 3. The van der Waals surface area contributed by atoms with Crippen LogP contribution in [0, 0.1) is 10.1 Å². The van der Waals surface area contributed by atoms with Gasteiger partial charge in [0.15, 0.2) is 0 Å². The van der Waals surface area contributed by atoms with Crippen LogP contribution in [0.2, 0.25) is 5.02 Å². The summed E-state index contributed by atoms with van der Waals surface area (Å²) in [6.45, 7) is 0. The molecule has 0 saturated heterocycles. The molecule has 0 aliphatic carbocycles. The third-order valence-corrected chi connectivity index (χ3v) is 5.57. The van der Waals surface area contributed by atoms with Gasteiger partial charge < -0.3 is 0 Å². The molecule has 0 spiro atoms. The smallest absolute Gasteiger partial charge is 0.270 e. The highest BCUT2D eigenvalue weighted by Crippen LogP contribution is 2.48. The third-order valence-electron chi connectivity index (χ3n) is 4.21. The number of hydrogen-bond acceptors (Lipinski definition) is 4. The first-order valence-corrected chi connectivity index (χ1v) is 9.55. The van der Waals surface area contributed by atoms with Gasteiger partial charge in [0.2, 0.25) is 0 Å². The normalized spacial score (nSPS) is 12.5. The van der Waals surface area contributed by atoms with E-state index >= 15 is 0 Å². The topological polar surface area (TPSA) is 63.4 Å². The molecule has 3 aromatic carbocycles. The van der Waals surface area contributed by atoms with E-state index in [2.05, 4.69) is 0 Å². The number of nitro groups is 1. The van der Waals surface area contributed by atoms with E-state index in [1.807, 2.05) is 30.3 Å². The minimum absolute atomic E-state index is 0.0218. The van der Waals surface area contributed by atoms with Crippen LogP contribution in [-0.4, -0.2) is 10.8 Å². The van der Waals surface area contributed by atoms with Crippen LogP contribution in [0.3, 0.4) is 0 Å². The average Bonchev–Trinajstić information content (AvgIpc) is 2.70. The van der Waals surface area contributed by atoms with E-state index in [0.29, 0.717) is 16.3 Å². The maximum atomic E-state index is 13.1. The minimum Gasteiger partial charge on any atom is -0.275 e. The highest BCUT2D eigenvalue weighted by molar-refractivity contribution is 7.99. The Balaban J connectivity index is 1.72. The van der Waals surface area contributed by atoms with Gasteiger partial charge in [-0.05, 0) is 42.0 Å². The lowest BCUT2D eigenvalue weighted by Gasteiger charge is -2.30. The zero-order valence-corrected chi connectivity index (χ0v) is 16.0. The average molecular weight is 409 g/mol. The van der Waals surface area contributed by atoms with E-state index in [0.717, 1.165) is 15.5 Å². The summed E-state index contributed by atoms with van der Waals surface area (Å²) in [7, 11) is 0. The van der Waals surface area contributed by atoms with Crippen molar-refractivity contribution in [2.75, 3.05) is 4.90 Å². The summed E-state index contributed by atoms with van der Waals surface area (Å²) in [6, 6.07) is 19.2. The Morgan fingerprint density at radius 1 is 1.00 bits per heavy atom. The molecule has 5 nitrogen and oxygen atoms in total. The van der Waals surface area contributed by atoms with Gasteiger partial charge in [-0.2, -0.15) is 0 Å². The van der Waals surface area contributed by atoms with Crippen molar-refractivity contribution in [1.29, 1.82) is 0 Å². The zero-order chi connectivity index (χ0) is 19.7. The van der Waals surface area contributed by atoms with Gasteiger partial charge in [-0.1, -0.05) is 47.6 Å². The number of para-hydroxylation sites is 1. The number of carbonyl (C=O) groups is 1. The van der Waals surface area contributed by atoms with Crippen molar-refractivity contribution in [3.63, 3.8) is 0 Å². The number of hydrogen-bond donors (Lipinski definition) is 0. The Kier molecular flexibility index (Phi) is 4.90. The van der Waals surface area contributed by atoms with E-state index in [1.54, 1.807) is 47.0 Å². The Bertz CT molecular complexity index is 1130. The lowest BCUT2D eigenvalue weighted by Crippen LogP contribution is -2.26. The van der Waals surface area contributed by atoms with E-state index in [9.17, 15) is 14.9 Å². The van der Waals surface area contributed by atoms with Crippen molar-refractivity contribution in [2.24, 2.45) is 0 Å². The number of benzene rings is 3. The zero-order valence-electron chi connectivity index (χ0n) is 14.4. The summed E-state index contributed by atoms with van der Waals surface area (Å²) >= 11 is 7.75. The summed E-state index contributed by atoms with van der Waals surface area (Å²) in [5, 5.41) is 11.5. The van der Waals surface area contributed by atoms with Gasteiger partial charge in [-0.3, -0.25) is 19.8 Å². The van der Waals surface area contributed by atoms with Gasteiger partial charge >= 0.3 is 0 Å². The van der Waals surface area contributed by atoms with Crippen LogP contribution in [0.4, 0.5) is 17.1 Å². The molecule has 1 heterocycles. The lowest BCUT2D eigenvalue weighted by molar-refractivity contribution is -0.384. The fourth-order valence-corrected chi connectivity index (χ4v) is 4.15. The number of nitro benzene ring substituents is 1. The molecule has 0 saturated carbocycles. The molecule has 0 N–H and O–H groups in total. The molecule has 0 aromatic heterocycles. The van der Waals surface area contributed by atoms with Crippen LogP contribution < -0.4 is 4.90 Å². The van der Waals surface area contributed by atoms with E-state index in [-0.39, 0.29) is 11.6 Å². The molecule has 0 bridgehead atoms.